The zero-order chi connectivity index (χ0) is 17.9. The molecule has 3 heterocycles. The van der Waals surface area contributed by atoms with E-state index in [2.05, 4.69) is 21.6 Å². The molecule has 138 valence electrons. The molecular weight excluding hydrogens is 346 g/mol. The standard InChI is InChI=1S/C20H25N3O2S/c1-24-19-7-3-2-6-18(19)22-20(26)21-14-11-15-8-9-16(12-14)23(15)13-17-5-4-10-25-17/h2-7,10,14-16H,8-9,11-13H2,1H3,(H2,21,22,26)/t14?,15-,16+. The molecule has 3 atom stereocenters. The predicted molar refractivity (Wildman–Crippen MR) is 106 cm³/mol. The van der Waals surface area contributed by atoms with Crippen LogP contribution in [0.25, 0.3) is 0 Å². The van der Waals surface area contributed by atoms with Gasteiger partial charge in [-0.1, -0.05) is 12.1 Å². The monoisotopic (exact) mass is 371 g/mol. The van der Waals surface area contributed by atoms with Gasteiger partial charge in [0.1, 0.15) is 11.5 Å². The second-order valence-electron chi connectivity index (χ2n) is 7.10. The molecule has 4 rings (SSSR count). The molecule has 0 aliphatic carbocycles. The summed E-state index contributed by atoms with van der Waals surface area (Å²) in [4.78, 5) is 2.60. The maximum absolute atomic E-state index is 5.54. The van der Waals surface area contributed by atoms with E-state index in [0.29, 0.717) is 23.2 Å². The first-order valence-electron chi connectivity index (χ1n) is 9.21. The van der Waals surface area contributed by atoms with Crippen molar-refractivity contribution >= 4 is 23.0 Å². The van der Waals surface area contributed by atoms with Crippen molar-refractivity contribution in [3.05, 3.63) is 48.4 Å². The number of methoxy groups -OCH3 is 1. The van der Waals surface area contributed by atoms with E-state index in [4.69, 9.17) is 21.4 Å². The molecule has 2 fully saturated rings. The van der Waals surface area contributed by atoms with Crippen molar-refractivity contribution in [3.8, 4) is 5.75 Å². The minimum atomic E-state index is 0.412. The van der Waals surface area contributed by atoms with Crippen molar-refractivity contribution in [1.29, 1.82) is 0 Å². The number of anilines is 1. The molecule has 1 aromatic heterocycles. The van der Waals surface area contributed by atoms with E-state index in [0.717, 1.165) is 36.6 Å². The first kappa shape index (κ1) is 17.4. The summed E-state index contributed by atoms with van der Waals surface area (Å²) in [5.74, 6) is 1.85. The molecule has 2 bridgehead atoms. The maximum Gasteiger partial charge on any atom is 0.171 e. The number of thiocarbonyl (C=S) groups is 1. The number of ether oxygens (including phenoxy) is 1. The van der Waals surface area contributed by atoms with E-state index < -0.39 is 0 Å². The summed E-state index contributed by atoms with van der Waals surface area (Å²) >= 11 is 5.54. The number of hydrogen-bond donors (Lipinski definition) is 2. The highest BCUT2D eigenvalue weighted by atomic mass is 32.1. The van der Waals surface area contributed by atoms with Crippen molar-refractivity contribution in [2.75, 3.05) is 12.4 Å². The summed E-state index contributed by atoms with van der Waals surface area (Å²) in [5.41, 5.74) is 0.894. The smallest absolute Gasteiger partial charge is 0.171 e. The van der Waals surface area contributed by atoms with Gasteiger partial charge in [0.15, 0.2) is 5.11 Å². The van der Waals surface area contributed by atoms with Gasteiger partial charge < -0.3 is 19.8 Å². The number of nitrogens with zero attached hydrogens (tertiary/aromatic N) is 1. The highest BCUT2D eigenvalue weighted by molar-refractivity contribution is 7.80. The van der Waals surface area contributed by atoms with Crippen LogP contribution in [0.2, 0.25) is 0 Å². The largest absolute Gasteiger partial charge is 0.495 e. The molecule has 0 saturated carbocycles. The number of para-hydroxylation sites is 2. The molecule has 2 aromatic rings. The van der Waals surface area contributed by atoms with Crippen LogP contribution < -0.4 is 15.4 Å². The Bertz CT molecular complexity index is 735. The van der Waals surface area contributed by atoms with Crippen LogP contribution in [0.1, 0.15) is 31.4 Å². The number of rotatable bonds is 5. The quantitative estimate of drug-likeness (QED) is 0.781. The molecule has 2 aliphatic rings. The molecule has 6 heteroatoms. The van der Waals surface area contributed by atoms with Gasteiger partial charge in [0.25, 0.3) is 0 Å². The Hall–Kier alpha value is -2.05. The second-order valence-corrected chi connectivity index (χ2v) is 7.51. The molecule has 2 aliphatic heterocycles. The highest BCUT2D eigenvalue weighted by Crippen LogP contribution is 2.37. The third-order valence-electron chi connectivity index (χ3n) is 5.49. The average molecular weight is 372 g/mol. The summed E-state index contributed by atoms with van der Waals surface area (Å²) in [6.45, 7) is 0.916. The number of nitrogens with one attached hydrogen (secondary N) is 2. The minimum Gasteiger partial charge on any atom is -0.495 e. The first-order chi connectivity index (χ1) is 12.7. The molecule has 1 unspecified atom stereocenters. The molecule has 2 N–H and O–H groups in total. The Kier molecular flexibility index (Phi) is 5.13. The summed E-state index contributed by atoms with van der Waals surface area (Å²) < 4.78 is 10.9. The van der Waals surface area contributed by atoms with Crippen LogP contribution in [0.3, 0.4) is 0 Å². The van der Waals surface area contributed by atoms with Crippen LogP contribution in [0.4, 0.5) is 5.69 Å². The molecule has 0 radical (unpaired) electrons. The Labute approximate surface area is 159 Å². The van der Waals surface area contributed by atoms with Crippen molar-refractivity contribution < 1.29 is 9.15 Å². The summed E-state index contributed by atoms with van der Waals surface area (Å²) in [5, 5.41) is 7.45. The lowest BCUT2D eigenvalue weighted by Gasteiger charge is -2.39. The molecule has 0 spiro atoms. The minimum absolute atomic E-state index is 0.412. The van der Waals surface area contributed by atoms with Crippen molar-refractivity contribution in [1.82, 2.24) is 10.2 Å². The van der Waals surface area contributed by atoms with Gasteiger partial charge in [-0.2, -0.15) is 0 Å². The van der Waals surface area contributed by atoms with E-state index in [1.807, 2.05) is 30.3 Å². The lowest BCUT2D eigenvalue weighted by molar-refractivity contribution is 0.106. The van der Waals surface area contributed by atoms with Gasteiger partial charge in [-0.3, -0.25) is 4.90 Å². The van der Waals surface area contributed by atoms with Crippen LogP contribution in [0.5, 0.6) is 5.75 Å². The van der Waals surface area contributed by atoms with Gasteiger partial charge in [0.05, 0.1) is 25.6 Å². The highest BCUT2D eigenvalue weighted by Gasteiger charge is 2.41. The summed E-state index contributed by atoms with van der Waals surface area (Å²) in [6, 6.07) is 13.5. The van der Waals surface area contributed by atoms with Crippen molar-refractivity contribution in [2.24, 2.45) is 0 Å². The van der Waals surface area contributed by atoms with Gasteiger partial charge in [0.2, 0.25) is 0 Å². The van der Waals surface area contributed by atoms with Crippen LogP contribution in [-0.2, 0) is 6.54 Å². The van der Waals surface area contributed by atoms with E-state index in [1.54, 1.807) is 13.4 Å². The zero-order valence-electron chi connectivity index (χ0n) is 15.0. The average Bonchev–Trinajstić information content (AvgIpc) is 3.22. The third-order valence-corrected chi connectivity index (χ3v) is 5.71. The van der Waals surface area contributed by atoms with Gasteiger partial charge in [0, 0.05) is 18.1 Å². The van der Waals surface area contributed by atoms with E-state index in [-0.39, 0.29) is 0 Å². The predicted octanol–water partition coefficient (Wildman–Crippen LogP) is 3.77. The van der Waals surface area contributed by atoms with Gasteiger partial charge in [-0.25, -0.2) is 0 Å². The number of piperidine rings is 1. The normalized spacial score (nSPS) is 25.0. The maximum atomic E-state index is 5.54. The lowest BCUT2D eigenvalue weighted by Crippen LogP contribution is -2.50. The fourth-order valence-electron chi connectivity index (χ4n) is 4.32. The van der Waals surface area contributed by atoms with Gasteiger partial charge in [-0.05, 0) is 62.2 Å². The van der Waals surface area contributed by atoms with Crippen LogP contribution in [0, 0.1) is 0 Å². The number of furan rings is 1. The fraction of sp³-hybridized carbons (Fsp3) is 0.450. The fourth-order valence-corrected chi connectivity index (χ4v) is 4.60. The van der Waals surface area contributed by atoms with Crippen LogP contribution >= 0.6 is 12.2 Å². The number of hydrogen-bond acceptors (Lipinski definition) is 4. The lowest BCUT2D eigenvalue weighted by atomic mass is 9.97. The van der Waals surface area contributed by atoms with Gasteiger partial charge >= 0.3 is 0 Å². The Morgan fingerprint density at radius 3 is 2.65 bits per heavy atom. The molecule has 26 heavy (non-hydrogen) atoms. The van der Waals surface area contributed by atoms with Crippen molar-refractivity contribution in [3.63, 3.8) is 0 Å². The van der Waals surface area contributed by atoms with Gasteiger partial charge in [-0.15, -0.1) is 0 Å². The van der Waals surface area contributed by atoms with E-state index in [9.17, 15) is 0 Å². The SMILES string of the molecule is COc1ccccc1NC(=S)NC1C[C@H]2CC[C@@H](C1)N2Cc1ccco1. The Balaban J connectivity index is 1.33. The summed E-state index contributed by atoms with van der Waals surface area (Å²) in [6.07, 6.45) is 6.51. The third kappa shape index (κ3) is 3.71. The molecule has 1 aromatic carbocycles. The first-order valence-corrected chi connectivity index (χ1v) is 9.62. The topological polar surface area (TPSA) is 49.7 Å². The number of fused-ring (bicyclic) bond motifs is 2. The van der Waals surface area contributed by atoms with Crippen LogP contribution in [0.15, 0.2) is 47.1 Å². The van der Waals surface area contributed by atoms with Crippen molar-refractivity contribution in [2.45, 2.75) is 50.4 Å². The second kappa shape index (κ2) is 7.68. The Morgan fingerprint density at radius 2 is 1.96 bits per heavy atom. The van der Waals surface area contributed by atoms with E-state index >= 15 is 0 Å². The molecule has 5 nitrogen and oxygen atoms in total. The van der Waals surface area contributed by atoms with Crippen LogP contribution in [-0.4, -0.2) is 35.2 Å². The molecular formula is C20H25N3O2S. The van der Waals surface area contributed by atoms with E-state index in [1.165, 1.54) is 12.8 Å². The molecule has 0 amide bonds. The summed E-state index contributed by atoms with van der Waals surface area (Å²) in [7, 11) is 1.67. The Morgan fingerprint density at radius 1 is 1.19 bits per heavy atom. The number of benzene rings is 1. The molecule has 2 saturated heterocycles. The zero-order valence-corrected chi connectivity index (χ0v) is 15.8.